The van der Waals surface area contributed by atoms with Gasteiger partial charge in [0.2, 0.25) is 0 Å². The zero-order chi connectivity index (χ0) is 19.1. The van der Waals surface area contributed by atoms with E-state index in [0.717, 1.165) is 12.8 Å². The van der Waals surface area contributed by atoms with Gasteiger partial charge < -0.3 is 10.6 Å². The van der Waals surface area contributed by atoms with Crippen LogP contribution in [0.5, 0.6) is 0 Å². The van der Waals surface area contributed by atoms with Crippen molar-refractivity contribution in [3.8, 4) is 0 Å². The SMILES string of the molecule is CCNC(=NCCS(=O)(=O)C(C)(C)C)NC1CCN(CC(F)F)CC1.I. The number of sulfone groups is 1. The van der Waals surface area contributed by atoms with E-state index >= 15 is 0 Å². The van der Waals surface area contributed by atoms with E-state index in [0.29, 0.717) is 25.6 Å². The van der Waals surface area contributed by atoms with Gasteiger partial charge in [0, 0.05) is 25.7 Å². The highest BCUT2D eigenvalue weighted by atomic mass is 127. The second kappa shape index (κ2) is 11.6. The van der Waals surface area contributed by atoms with E-state index < -0.39 is 21.0 Å². The highest BCUT2D eigenvalue weighted by Gasteiger charge is 2.28. The summed E-state index contributed by atoms with van der Waals surface area (Å²) in [7, 11) is -3.20. The summed E-state index contributed by atoms with van der Waals surface area (Å²) in [5.41, 5.74) is 0. The molecular weight excluding hydrogens is 477 g/mol. The van der Waals surface area contributed by atoms with Crippen molar-refractivity contribution >= 4 is 39.8 Å². The van der Waals surface area contributed by atoms with Gasteiger partial charge in [-0.15, -0.1) is 24.0 Å². The molecule has 0 atom stereocenters. The Bertz CT molecular complexity index is 531. The molecule has 0 aromatic heterocycles. The number of hydrogen-bond donors (Lipinski definition) is 2. The van der Waals surface area contributed by atoms with Crippen LogP contribution in [0.2, 0.25) is 0 Å². The van der Waals surface area contributed by atoms with Crippen LogP contribution in [0, 0.1) is 0 Å². The van der Waals surface area contributed by atoms with Gasteiger partial charge in [0.25, 0.3) is 6.43 Å². The average molecular weight is 510 g/mol. The third-order valence-corrected chi connectivity index (χ3v) is 6.82. The first kappa shape index (κ1) is 25.8. The largest absolute Gasteiger partial charge is 0.357 e. The molecule has 1 heterocycles. The molecule has 26 heavy (non-hydrogen) atoms. The predicted molar refractivity (Wildman–Crippen MR) is 114 cm³/mol. The van der Waals surface area contributed by atoms with E-state index in [2.05, 4.69) is 15.6 Å². The lowest BCUT2D eigenvalue weighted by Crippen LogP contribution is -2.49. The Hall–Kier alpha value is -0.230. The van der Waals surface area contributed by atoms with Crippen LogP contribution in [0.4, 0.5) is 8.78 Å². The molecule has 10 heteroatoms. The highest BCUT2D eigenvalue weighted by molar-refractivity contribution is 14.0. The Morgan fingerprint density at radius 3 is 2.31 bits per heavy atom. The number of rotatable bonds is 7. The first-order valence-electron chi connectivity index (χ1n) is 8.83. The summed E-state index contributed by atoms with van der Waals surface area (Å²) in [6.07, 6.45) is -0.775. The number of guanidine groups is 1. The van der Waals surface area contributed by atoms with Crippen LogP contribution in [0.1, 0.15) is 40.5 Å². The standard InChI is InChI=1S/C16H32F2N4O2S.HI/c1-5-19-15(20-8-11-25(23,24)16(2,3)4)21-13-6-9-22(10-7-13)12-14(17)18;/h13-14H,5-12H2,1-4H3,(H2,19,20,21);1H. The third kappa shape index (κ3) is 9.12. The fourth-order valence-corrected chi connectivity index (χ4v) is 3.50. The summed E-state index contributed by atoms with van der Waals surface area (Å²) in [5.74, 6) is 0.582. The van der Waals surface area contributed by atoms with Crippen LogP contribution in [0.25, 0.3) is 0 Å². The molecule has 1 fully saturated rings. The highest BCUT2D eigenvalue weighted by Crippen LogP contribution is 2.15. The molecule has 0 unspecified atom stereocenters. The summed E-state index contributed by atoms with van der Waals surface area (Å²) in [5, 5.41) is 6.39. The average Bonchev–Trinajstić information content (AvgIpc) is 2.47. The van der Waals surface area contributed by atoms with Crippen molar-refractivity contribution in [1.29, 1.82) is 0 Å². The van der Waals surface area contributed by atoms with Crippen LogP contribution >= 0.6 is 24.0 Å². The number of likely N-dealkylation sites (tertiary alicyclic amines) is 1. The zero-order valence-electron chi connectivity index (χ0n) is 16.1. The van der Waals surface area contributed by atoms with Gasteiger partial charge in [-0.05, 0) is 40.5 Å². The fraction of sp³-hybridized carbons (Fsp3) is 0.938. The van der Waals surface area contributed by atoms with Crippen molar-refractivity contribution in [1.82, 2.24) is 15.5 Å². The van der Waals surface area contributed by atoms with E-state index in [1.54, 1.807) is 25.7 Å². The quantitative estimate of drug-likeness (QED) is 0.312. The van der Waals surface area contributed by atoms with Crippen molar-refractivity contribution in [3.05, 3.63) is 0 Å². The number of piperidine rings is 1. The molecule has 1 aliphatic rings. The van der Waals surface area contributed by atoms with Gasteiger partial charge in [-0.2, -0.15) is 0 Å². The molecule has 0 spiro atoms. The van der Waals surface area contributed by atoms with Crippen LogP contribution in [-0.4, -0.2) is 75.0 Å². The molecule has 0 amide bonds. The normalized spacial score (nSPS) is 17.9. The second-order valence-corrected chi connectivity index (χ2v) is 10.2. The molecule has 0 saturated carbocycles. The van der Waals surface area contributed by atoms with Gasteiger partial charge in [-0.1, -0.05) is 0 Å². The lowest BCUT2D eigenvalue weighted by atomic mass is 10.1. The number of nitrogens with zero attached hydrogens (tertiary/aromatic N) is 2. The van der Waals surface area contributed by atoms with E-state index in [-0.39, 0.29) is 48.9 Å². The molecule has 1 rings (SSSR count). The summed E-state index contributed by atoms with van der Waals surface area (Å²) >= 11 is 0. The van der Waals surface area contributed by atoms with E-state index in [1.165, 1.54) is 0 Å². The fourth-order valence-electron chi connectivity index (χ4n) is 2.55. The van der Waals surface area contributed by atoms with Gasteiger partial charge in [-0.3, -0.25) is 9.89 Å². The molecule has 0 radical (unpaired) electrons. The van der Waals surface area contributed by atoms with Crippen molar-refractivity contribution in [2.45, 2.75) is 57.8 Å². The molecule has 0 bridgehead atoms. The van der Waals surface area contributed by atoms with Crippen LogP contribution in [0.15, 0.2) is 4.99 Å². The summed E-state index contributed by atoms with van der Waals surface area (Å²) in [4.78, 5) is 6.12. The van der Waals surface area contributed by atoms with E-state index in [4.69, 9.17) is 0 Å². The minimum absolute atomic E-state index is 0. The van der Waals surface area contributed by atoms with Gasteiger partial charge in [0.05, 0.1) is 23.6 Å². The minimum atomic E-state index is -3.20. The molecule has 0 aromatic rings. The van der Waals surface area contributed by atoms with Crippen LogP contribution in [0.3, 0.4) is 0 Å². The molecular formula is C16H33F2IN4O2S. The Kier molecular flexibility index (Phi) is 11.5. The van der Waals surface area contributed by atoms with Crippen LogP contribution < -0.4 is 10.6 Å². The van der Waals surface area contributed by atoms with Gasteiger partial charge in [-0.25, -0.2) is 17.2 Å². The maximum atomic E-state index is 12.4. The first-order valence-corrected chi connectivity index (χ1v) is 10.5. The topological polar surface area (TPSA) is 73.8 Å². The molecule has 0 aromatic carbocycles. The summed E-state index contributed by atoms with van der Waals surface area (Å²) in [6, 6.07) is 0.158. The maximum absolute atomic E-state index is 12.4. The Labute approximate surface area is 173 Å². The summed E-state index contributed by atoms with van der Waals surface area (Å²) < 4.78 is 48.3. The van der Waals surface area contributed by atoms with Gasteiger partial charge in [0.15, 0.2) is 15.8 Å². The van der Waals surface area contributed by atoms with E-state index in [1.807, 2.05) is 6.92 Å². The van der Waals surface area contributed by atoms with Crippen molar-refractivity contribution in [2.24, 2.45) is 4.99 Å². The van der Waals surface area contributed by atoms with Crippen molar-refractivity contribution < 1.29 is 17.2 Å². The number of aliphatic imine (C=N–C) groups is 1. The predicted octanol–water partition coefficient (Wildman–Crippen LogP) is 2.10. The van der Waals surface area contributed by atoms with Gasteiger partial charge >= 0.3 is 0 Å². The Balaban J connectivity index is 0.00000625. The van der Waals surface area contributed by atoms with Crippen molar-refractivity contribution in [2.75, 3.05) is 38.5 Å². The molecule has 1 saturated heterocycles. The second-order valence-electron chi connectivity index (χ2n) is 7.30. The molecule has 0 aliphatic carbocycles. The lowest BCUT2D eigenvalue weighted by molar-refractivity contribution is 0.0744. The molecule has 1 aliphatic heterocycles. The number of alkyl halides is 2. The van der Waals surface area contributed by atoms with Crippen molar-refractivity contribution in [3.63, 3.8) is 0 Å². The van der Waals surface area contributed by atoms with Crippen LogP contribution in [-0.2, 0) is 9.84 Å². The number of nitrogens with one attached hydrogen (secondary N) is 2. The Morgan fingerprint density at radius 1 is 1.27 bits per heavy atom. The number of halogens is 3. The maximum Gasteiger partial charge on any atom is 0.251 e. The first-order chi connectivity index (χ1) is 11.5. The van der Waals surface area contributed by atoms with E-state index in [9.17, 15) is 17.2 Å². The number of hydrogen-bond acceptors (Lipinski definition) is 4. The summed E-state index contributed by atoms with van der Waals surface area (Å²) in [6.45, 7) is 8.93. The molecule has 2 N–H and O–H groups in total. The Morgan fingerprint density at radius 2 is 1.85 bits per heavy atom. The molecule has 6 nitrogen and oxygen atoms in total. The monoisotopic (exact) mass is 510 g/mol. The molecule has 156 valence electrons. The smallest absolute Gasteiger partial charge is 0.251 e. The lowest BCUT2D eigenvalue weighted by Gasteiger charge is -2.32. The third-order valence-electron chi connectivity index (χ3n) is 4.23. The van der Waals surface area contributed by atoms with Gasteiger partial charge in [0.1, 0.15) is 0 Å². The minimum Gasteiger partial charge on any atom is -0.357 e. The zero-order valence-corrected chi connectivity index (χ0v) is 19.2.